The highest BCUT2D eigenvalue weighted by Gasteiger charge is 2.29. The van der Waals surface area contributed by atoms with Gasteiger partial charge in [-0.3, -0.25) is 4.79 Å². The highest BCUT2D eigenvalue weighted by atomic mass is 16.5. The number of aliphatic hydroxyl groups is 1. The van der Waals surface area contributed by atoms with Crippen molar-refractivity contribution in [2.45, 2.75) is 38.5 Å². The van der Waals surface area contributed by atoms with E-state index in [-0.39, 0.29) is 24.7 Å². The average molecular weight is 216 g/mol. The summed E-state index contributed by atoms with van der Waals surface area (Å²) in [4.78, 5) is 13.5. The first-order chi connectivity index (χ1) is 7.08. The van der Waals surface area contributed by atoms with Gasteiger partial charge >= 0.3 is 0 Å². The predicted molar refractivity (Wildman–Crippen MR) is 56.3 cm³/mol. The summed E-state index contributed by atoms with van der Waals surface area (Å²) in [7, 11) is 0. The van der Waals surface area contributed by atoms with Crippen LogP contribution in [0.25, 0.3) is 0 Å². The van der Waals surface area contributed by atoms with Crippen molar-refractivity contribution >= 4 is 5.91 Å². The van der Waals surface area contributed by atoms with E-state index in [4.69, 9.17) is 15.6 Å². The van der Waals surface area contributed by atoms with Crippen molar-refractivity contribution in [1.29, 1.82) is 0 Å². The van der Waals surface area contributed by atoms with Gasteiger partial charge in [-0.2, -0.15) is 0 Å². The Morgan fingerprint density at radius 2 is 2.33 bits per heavy atom. The van der Waals surface area contributed by atoms with Gasteiger partial charge in [-0.15, -0.1) is 0 Å². The van der Waals surface area contributed by atoms with Crippen molar-refractivity contribution in [3.8, 4) is 0 Å². The van der Waals surface area contributed by atoms with Crippen LogP contribution in [-0.2, 0) is 9.53 Å². The Balaban J connectivity index is 2.57. The van der Waals surface area contributed by atoms with E-state index in [1.54, 1.807) is 4.90 Å². The highest BCUT2D eigenvalue weighted by molar-refractivity contribution is 5.81. The molecule has 3 N–H and O–H groups in total. The fourth-order valence-electron chi connectivity index (χ4n) is 1.74. The number of rotatable bonds is 3. The Morgan fingerprint density at radius 1 is 1.67 bits per heavy atom. The van der Waals surface area contributed by atoms with E-state index >= 15 is 0 Å². The van der Waals surface area contributed by atoms with Gasteiger partial charge in [0.25, 0.3) is 0 Å². The van der Waals surface area contributed by atoms with Gasteiger partial charge in [-0.25, -0.2) is 0 Å². The van der Waals surface area contributed by atoms with Crippen LogP contribution in [0, 0.1) is 0 Å². The van der Waals surface area contributed by atoms with Crippen molar-refractivity contribution in [2.24, 2.45) is 5.73 Å². The molecule has 0 aromatic heterocycles. The third-order valence-electron chi connectivity index (χ3n) is 2.60. The number of nitrogens with two attached hydrogens (primary N) is 1. The first-order valence-corrected chi connectivity index (χ1v) is 5.39. The predicted octanol–water partition coefficient (Wildman–Crippen LogP) is -0.668. The maximum Gasteiger partial charge on any atom is 0.239 e. The number of aliphatic hydroxyl groups excluding tert-OH is 1. The third kappa shape index (κ3) is 3.15. The summed E-state index contributed by atoms with van der Waals surface area (Å²) in [6.45, 7) is 4.71. The van der Waals surface area contributed by atoms with E-state index in [2.05, 4.69) is 0 Å². The first kappa shape index (κ1) is 12.4. The van der Waals surface area contributed by atoms with Gasteiger partial charge in [0.15, 0.2) is 0 Å². The van der Waals surface area contributed by atoms with Crippen LogP contribution in [0.15, 0.2) is 0 Å². The number of amides is 1. The maximum absolute atomic E-state index is 11.8. The molecule has 0 spiro atoms. The van der Waals surface area contributed by atoms with E-state index in [1.165, 1.54) is 0 Å². The Kier molecular flexibility index (Phi) is 4.50. The SMILES string of the molecule is CC[C@@H](N)C(=O)N1CC(C)OC(CO)C1. The van der Waals surface area contributed by atoms with E-state index in [0.717, 1.165) is 0 Å². The smallest absolute Gasteiger partial charge is 0.239 e. The van der Waals surface area contributed by atoms with Crippen LogP contribution >= 0.6 is 0 Å². The molecule has 0 aliphatic carbocycles. The molecule has 15 heavy (non-hydrogen) atoms. The number of carbonyl (C=O) groups excluding carboxylic acids is 1. The van der Waals surface area contributed by atoms with Gasteiger partial charge in [0.2, 0.25) is 5.91 Å². The Labute approximate surface area is 90.2 Å². The number of ether oxygens (including phenoxy) is 1. The summed E-state index contributed by atoms with van der Waals surface area (Å²) in [5, 5.41) is 9.01. The number of nitrogens with zero attached hydrogens (tertiary/aromatic N) is 1. The van der Waals surface area contributed by atoms with Crippen molar-refractivity contribution < 1.29 is 14.6 Å². The zero-order valence-corrected chi connectivity index (χ0v) is 9.35. The summed E-state index contributed by atoms with van der Waals surface area (Å²) >= 11 is 0. The zero-order valence-electron chi connectivity index (χ0n) is 9.35. The summed E-state index contributed by atoms with van der Waals surface area (Å²) in [6, 6.07) is -0.436. The summed E-state index contributed by atoms with van der Waals surface area (Å²) in [6.07, 6.45) is 0.319. The molecule has 5 nitrogen and oxygen atoms in total. The lowest BCUT2D eigenvalue weighted by Crippen LogP contribution is -2.54. The summed E-state index contributed by atoms with van der Waals surface area (Å²) in [5.74, 6) is -0.0499. The van der Waals surface area contributed by atoms with Gasteiger partial charge < -0.3 is 20.5 Å². The van der Waals surface area contributed by atoms with Crippen LogP contribution in [-0.4, -0.2) is 53.9 Å². The Morgan fingerprint density at radius 3 is 2.87 bits per heavy atom. The molecule has 88 valence electrons. The summed E-state index contributed by atoms with van der Waals surface area (Å²) in [5.41, 5.74) is 5.69. The molecule has 1 aliphatic heterocycles. The lowest BCUT2D eigenvalue weighted by molar-refractivity contribution is -0.148. The quantitative estimate of drug-likeness (QED) is 0.656. The molecule has 0 saturated carbocycles. The molecule has 1 fully saturated rings. The van der Waals surface area contributed by atoms with E-state index in [9.17, 15) is 4.79 Å². The molecule has 2 unspecified atom stereocenters. The molecule has 1 rings (SSSR count). The second-order valence-electron chi connectivity index (χ2n) is 4.01. The minimum absolute atomic E-state index is 0.0380. The van der Waals surface area contributed by atoms with E-state index < -0.39 is 6.04 Å². The van der Waals surface area contributed by atoms with Crippen molar-refractivity contribution in [1.82, 2.24) is 4.90 Å². The molecular weight excluding hydrogens is 196 g/mol. The highest BCUT2D eigenvalue weighted by Crippen LogP contribution is 2.12. The minimum atomic E-state index is -0.436. The van der Waals surface area contributed by atoms with E-state index in [1.807, 2.05) is 13.8 Å². The van der Waals surface area contributed by atoms with Crippen LogP contribution < -0.4 is 5.73 Å². The van der Waals surface area contributed by atoms with Gasteiger partial charge in [0.05, 0.1) is 24.9 Å². The average Bonchev–Trinajstić information content (AvgIpc) is 2.26. The molecule has 0 bridgehead atoms. The lowest BCUT2D eigenvalue weighted by atomic mass is 10.1. The van der Waals surface area contributed by atoms with Gasteiger partial charge in [-0.05, 0) is 13.3 Å². The van der Waals surface area contributed by atoms with Gasteiger partial charge in [0, 0.05) is 13.1 Å². The van der Waals surface area contributed by atoms with Crippen molar-refractivity contribution in [3.63, 3.8) is 0 Å². The van der Waals surface area contributed by atoms with Crippen LogP contribution in [0.3, 0.4) is 0 Å². The monoisotopic (exact) mass is 216 g/mol. The molecule has 1 heterocycles. The molecule has 1 aliphatic rings. The zero-order chi connectivity index (χ0) is 11.4. The number of morpholine rings is 1. The van der Waals surface area contributed by atoms with Crippen molar-refractivity contribution in [2.75, 3.05) is 19.7 Å². The van der Waals surface area contributed by atoms with Gasteiger partial charge in [0.1, 0.15) is 0 Å². The molecule has 1 saturated heterocycles. The molecule has 3 atom stereocenters. The largest absolute Gasteiger partial charge is 0.394 e. The normalized spacial score (nSPS) is 28.9. The minimum Gasteiger partial charge on any atom is -0.394 e. The van der Waals surface area contributed by atoms with Crippen LogP contribution in [0.4, 0.5) is 0 Å². The first-order valence-electron chi connectivity index (χ1n) is 5.39. The van der Waals surface area contributed by atoms with Crippen molar-refractivity contribution in [3.05, 3.63) is 0 Å². The van der Waals surface area contributed by atoms with Crippen LogP contribution in [0.5, 0.6) is 0 Å². The lowest BCUT2D eigenvalue weighted by Gasteiger charge is -2.37. The third-order valence-corrected chi connectivity index (χ3v) is 2.60. The van der Waals surface area contributed by atoms with Crippen LogP contribution in [0.1, 0.15) is 20.3 Å². The number of hydrogen-bond acceptors (Lipinski definition) is 4. The topological polar surface area (TPSA) is 75.8 Å². The molecule has 0 aromatic rings. The molecule has 5 heteroatoms. The number of hydrogen-bond donors (Lipinski definition) is 2. The Bertz CT molecular complexity index is 223. The number of carbonyl (C=O) groups is 1. The summed E-state index contributed by atoms with van der Waals surface area (Å²) < 4.78 is 5.44. The second-order valence-corrected chi connectivity index (χ2v) is 4.01. The molecule has 1 amide bonds. The Hall–Kier alpha value is -0.650. The molecule has 0 radical (unpaired) electrons. The standard InChI is InChI=1S/C10H20N2O3/c1-3-9(11)10(14)12-4-7(2)15-8(5-12)6-13/h7-9,13H,3-6,11H2,1-2H3/t7?,8?,9-/m1/s1. The van der Waals surface area contributed by atoms with E-state index in [0.29, 0.717) is 19.5 Å². The van der Waals surface area contributed by atoms with Gasteiger partial charge in [-0.1, -0.05) is 6.92 Å². The molecule has 0 aromatic carbocycles. The fourth-order valence-corrected chi connectivity index (χ4v) is 1.74. The fraction of sp³-hybridized carbons (Fsp3) is 0.900. The maximum atomic E-state index is 11.8. The van der Waals surface area contributed by atoms with Crippen LogP contribution in [0.2, 0.25) is 0 Å². The molecular formula is C10H20N2O3. The second kappa shape index (κ2) is 5.44.